The van der Waals surface area contributed by atoms with Gasteiger partial charge in [0, 0.05) is 17.0 Å². The van der Waals surface area contributed by atoms with Gasteiger partial charge in [-0.1, -0.05) is 0 Å². The predicted molar refractivity (Wildman–Crippen MR) is 56.7 cm³/mol. The molecular formula is C9H6BrNO2S. The van der Waals surface area contributed by atoms with Crippen LogP contribution in [0.3, 0.4) is 0 Å². The summed E-state index contributed by atoms with van der Waals surface area (Å²) in [6, 6.07) is 3.80. The van der Waals surface area contributed by atoms with Gasteiger partial charge in [0.05, 0.1) is 10.3 Å². The molecule has 0 radical (unpaired) electrons. The normalized spacial score (nSPS) is 15.6. The first-order chi connectivity index (χ1) is 6.66. The molecule has 0 atom stereocenters. The van der Waals surface area contributed by atoms with Crippen LogP contribution >= 0.6 is 27.3 Å². The first-order valence-corrected chi connectivity index (χ1v) is 5.55. The summed E-state index contributed by atoms with van der Waals surface area (Å²) in [6.45, 7) is 0.362. The van der Waals surface area contributed by atoms with Gasteiger partial charge in [-0.3, -0.25) is 14.5 Å². The molecule has 1 aromatic rings. The molecule has 3 nitrogen and oxygen atoms in total. The molecule has 0 fully saturated rings. The van der Waals surface area contributed by atoms with Gasteiger partial charge in [-0.25, -0.2) is 0 Å². The number of hydrogen-bond acceptors (Lipinski definition) is 3. The number of carbonyl (C=O) groups excluding carboxylic acids is 2. The highest BCUT2D eigenvalue weighted by molar-refractivity contribution is 9.11. The molecule has 0 saturated heterocycles. The number of thiophene rings is 1. The van der Waals surface area contributed by atoms with Crippen LogP contribution in [0.4, 0.5) is 0 Å². The van der Waals surface area contributed by atoms with Gasteiger partial charge in [-0.15, -0.1) is 11.3 Å². The summed E-state index contributed by atoms with van der Waals surface area (Å²) in [6.07, 6.45) is 2.59. The lowest BCUT2D eigenvalue weighted by Crippen LogP contribution is -2.28. The Morgan fingerprint density at radius 3 is 2.36 bits per heavy atom. The van der Waals surface area contributed by atoms with E-state index in [1.165, 1.54) is 28.4 Å². The molecule has 0 saturated carbocycles. The van der Waals surface area contributed by atoms with Gasteiger partial charge in [0.15, 0.2) is 0 Å². The Hall–Kier alpha value is -0.940. The van der Waals surface area contributed by atoms with Crippen molar-refractivity contribution in [3.8, 4) is 0 Å². The summed E-state index contributed by atoms with van der Waals surface area (Å²) in [5.41, 5.74) is 0. The van der Waals surface area contributed by atoms with Gasteiger partial charge in [-0.2, -0.15) is 0 Å². The maximum Gasteiger partial charge on any atom is 0.253 e. The number of amides is 2. The van der Waals surface area contributed by atoms with Crippen molar-refractivity contribution in [2.75, 3.05) is 0 Å². The maximum atomic E-state index is 11.2. The van der Waals surface area contributed by atoms with Crippen molar-refractivity contribution in [3.63, 3.8) is 0 Å². The third-order valence-electron chi connectivity index (χ3n) is 1.84. The fraction of sp³-hybridized carbons (Fsp3) is 0.111. The van der Waals surface area contributed by atoms with Crippen LogP contribution in [0, 0.1) is 0 Å². The molecular weight excluding hydrogens is 266 g/mol. The highest BCUT2D eigenvalue weighted by Gasteiger charge is 2.23. The van der Waals surface area contributed by atoms with Crippen molar-refractivity contribution in [1.82, 2.24) is 4.90 Å². The first kappa shape index (κ1) is 9.61. The molecule has 1 aliphatic rings. The van der Waals surface area contributed by atoms with Crippen molar-refractivity contribution < 1.29 is 9.59 Å². The largest absolute Gasteiger partial charge is 0.270 e. The topological polar surface area (TPSA) is 37.4 Å². The molecule has 0 N–H and O–H groups in total. The summed E-state index contributed by atoms with van der Waals surface area (Å²) in [4.78, 5) is 24.6. The standard InChI is InChI=1S/C9H6BrNO2S/c10-7-2-1-6(14-7)5-11-8(12)3-4-9(11)13/h1-4H,5H2. The van der Waals surface area contributed by atoms with Crippen LogP contribution in [0.5, 0.6) is 0 Å². The Balaban J connectivity index is 2.12. The first-order valence-electron chi connectivity index (χ1n) is 3.94. The van der Waals surface area contributed by atoms with Gasteiger partial charge in [0.2, 0.25) is 0 Å². The minimum Gasteiger partial charge on any atom is -0.270 e. The van der Waals surface area contributed by atoms with E-state index in [2.05, 4.69) is 15.9 Å². The van der Waals surface area contributed by atoms with Gasteiger partial charge in [0.1, 0.15) is 0 Å². The second-order valence-corrected chi connectivity index (χ2v) is 5.35. The van der Waals surface area contributed by atoms with Gasteiger partial charge in [-0.05, 0) is 28.1 Å². The summed E-state index contributed by atoms with van der Waals surface area (Å²) >= 11 is 4.85. The predicted octanol–water partition coefficient (Wildman–Crippen LogP) is 1.94. The summed E-state index contributed by atoms with van der Waals surface area (Å²) in [5.74, 6) is -0.473. The minimum atomic E-state index is -0.237. The number of imide groups is 1. The molecule has 1 aromatic heterocycles. The highest BCUT2D eigenvalue weighted by atomic mass is 79.9. The number of hydrogen-bond donors (Lipinski definition) is 0. The second-order valence-electron chi connectivity index (χ2n) is 2.80. The lowest BCUT2D eigenvalue weighted by molar-refractivity contribution is -0.137. The fourth-order valence-corrected chi connectivity index (χ4v) is 2.65. The van der Waals surface area contributed by atoms with E-state index in [1.807, 2.05) is 12.1 Å². The van der Waals surface area contributed by atoms with Crippen LogP contribution in [0.15, 0.2) is 28.1 Å². The molecule has 72 valence electrons. The zero-order valence-electron chi connectivity index (χ0n) is 7.07. The molecule has 5 heteroatoms. The van der Waals surface area contributed by atoms with E-state index in [0.717, 1.165) is 8.66 Å². The van der Waals surface area contributed by atoms with Gasteiger partial charge >= 0.3 is 0 Å². The van der Waals surface area contributed by atoms with E-state index in [-0.39, 0.29) is 11.8 Å². The Morgan fingerprint density at radius 1 is 1.21 bits per heavy atom. The van der Waals surface area contributed by atoms with Crippen LogP contribution in [0.1, 0.15) is 4.88 Å². The van der Waals surface area contributed by atoms with Crippen molar-refractivity contribution in [1.29, 1.82) is 0 Å². The monoisotopic (exact) mass is 271 g/mol. The smallest absolute Gasteiger partial charge is 0.253 e. The van der Waals surface area contributed by atoms with E-state index >= 15 is 0 Å². The Labute approximate surface area is 93.2 Å². The molecule has 0 aromatic carbocycles. The Morgan fingerprint density at radius 2 is 1.86 bits per heavy atom. The van der Waals surface area contributed by atoms with Crippen LogP contribution in [0.25, 0.3) is 0 Å². The third kappa shape index (κ3) is 1.78. The highest BCUT2D eigenvalue weighted by Crippen LogP contribution is 2.24. The van der Waals surface area contributed by atoms with Gasteiger partial charge in [0.25, 0.3) is 11.8 Å². The van der Waals surface area contributed by atoms with E-state index in [4.69, 9.17) is 0 Å². The van der Waals surface area contributed by atoms with Crippen molar-refractivity contribution in [3.05, 3.63) is 32.9 Å². The van der Waals surface area contributed by atoms with Crippen LogP contribution in [-0.2, 0) is 16.1 Å². The quantitative estimate of drug-likeness (QED) is 0.771. The average molecular weight is 272 g/mol. The Kier molecular flexibility index (Phi) is 2.52. The molecule has 0 unspecified atom stereocenters. The van der Waals surface area contributed by atoms with Crippen LogP contribution in [0.2, 0.25) is 0 Å². The van der Waals surface area contributed by atoms with E-state index < -0.39 is 0 Å². The summed E-state index contributed by atoms with van der Waals surface area (Å²) < 4.78 is 1.000. The lowest BCUT2D eigenvalue weighted by Gasteiger charge is -2.11. The molecule has 2 heterocycles. The van der Waals surface area contributed by atoms with Crippen molar-refractivity contribution in [2.45, 2.75) is 6.54 Å². The van der Waals surface area contributed by atoms with E-state index in [1.54, 1.807) is 0 Å². The number of carbonyl (C=O) groups is 2. The zero-order valence-corrected chi connectivity index (χ0v) is 9.47. The van der Waals surface area contributed by atoms with E-state index in [0.29, 0.717) is 6.54 Å². The number of halogens is 1. The fourth-order valence-electron chi connectivity index (χ4n) is 1.18. The third-order valence-corrected chi connectivity index (χ3v) is 3.45. The molecule has 2 amide bonds. The van der Waals surface area contributed by atoms with Crippen molar-refractivity contribution in [2.24, 2.45) is 0 Å². The molecule has 14 heavy (non-hydrogen) atoms. The van der Waals surface area contributed by atoms with Crippen LogP contribution < -0.4 is 0 Å². The summed E-state index contributed by atoms with van der Waals surface area (Å²) in [5, 5.41) is 0. The van der Waals surface area contributed by atoms with Crippen LogP contribution in [-0.4, -0.2) is 16.7 Å². The zero-order chi connectivity index (χ0) is 10.1. The van der Waals surface area contributed by atoms with E-state index in [9.17, 15) is 9.59 Å². The average Bonchev–Trinajstić information content (AvgIpc) is 2.67. The number of rotatable bonds is 2. The molecule has 0 bridgehead atoms. The molecule has 2 rings (SSSR count). The Bertz CT molecular complexity index is 406. The van der Waals surface area contributed by atoms with Gasteiger partial charge < -0.3 is 0 Å². The molecule has 1 aliphatic heterocycles. The number of nitrogens with zero attached hydrogens (tertiary/aromatic N) is 1. The minimum absolute atomic E-state index is 0.237. The lowest BCUT2D eigenvalue weighted by atomic mass is 10.4. The molecule has 0 aliphatic carbocycles. The maximum absolute atomic E-state index is 11.2. The SMILES string of the molecule is O=C1C=CC(=O)N1Cc1ccc(Br)s1. The summed E-state index contributed by atoms with van der Waals surface area (Å²) in [7, 11) is 0. The van der Waals surface area contributed by atoms with Crippen molar-refractivity contribution >= 4 is 39.1 Å². The molecule has 0 spiro atoms. The second kappa shape index (κ2) is 3.67.